The van der Waals surface area contributed by atoms with E-state index >= 15 is 0 Å². The van der Waals surface area contributed by atoms with E-state index in [0.29, 0.717) is 24.7 Å². The van der Waals surface area contributed by atoms with Crippen molar-refractivity contribution in [1.29, 1.82) is 0 Å². The third-order valence-electron chi connectivity index (χ3n) is 9.26. The molecule has 3 saturated carbocycles. The van der Waals surface area contributed by atoms with Crippen molar-refractivity contribution in [2.45, 2.75) is 59.0 Å². The van der Waals surface area contributed by atoms with Crippen LogP contribution < -0.4 is 0 Å². The second-order valence-electron chi connectivity index (χ2n) is 11.3. The molecule has 0 spiro atoms. The van der Waals surface area contributed by atoms with Crippen LogP contribution in [0.5, 0.6) is 0 Å². The first-order valence-corrected chi connectivity index (χ1v) is 12.7. The molecule has 0 aromatic rings. The standard InChI is InChI=1S/C27H37NO7/c1-16-8-9-26(3)18(12-16)6-7-19-20-13-17(2)23(27(20,4)14-21(29)24(19)26)22(30)15-34-25(31)33-10-5-11-35-28-32/h8-9,12,17,19-21,23-24,29H,1,5-7,10-11,13-15H2,2-4H3. The molecule has 4 aliphatic rings. The smallest absolute Gasteiger partial charge is 0.434 e. The molecule has 4 rings (SSSR count). The van der Waals surface area contributed by atoms with Crippen LogP contribution in [0.3, 0.4) is 0 Å². The number of aliphatic hydroxyl groups excluding tert-OH is 1. The summed E-state index contributed by atoms with van der Waals surface area (Å²) in [4.78, 5) is 39.4. The zero-order chi connectivity index (χ0) is 25.4. The summed E-state index contributed by atoms with van der Waals surface area (Å²) in [6, 6.07) is 0. The van der Waals surface area contributed by atoms with Crippen LogP contribution in [0.4, 0.5) is 4.79 Å². The minimum absolute atomic E-state index is 0.00835. The molecule has 1 N–H and O–H groups in total. The van der Waals surface area contributed by atoms with Crippen LogP contribution in [-0.2, 0) is 19.1 Å². The summed E-state index contributed by atoms with van der Waals surface area (Å²) < 4.78 is 10.0. The van der Waals surface area contributed by atoms with Crippen molar-refractivity contribution in [3.63, 3.8) is 0 Å². The van der Waals surface area contributed by atoms with Crippen molar-refractivity contribution < 1.29 is 29.0 Å². The van der Waals surface area contributed by atoms with E-state index in [1.165, 1.54) is 5.57 Å². The highest BCUT2D eigenvalue weighted by atomic mass is 16.7. The normalized spacial score (nSPS) is 39.5. The predicted octanol–water partition coefficient (Wildman–Crippen LogP) is 4.92. The SMILES string of the molecule is C=C1C=CC2(C)C(=C1)CCC1C2C(O)CC2(C)C1CC(C)C2C(=O)COC(=O)OCCCON=O. The molecule has 0 amide bonds. The molecule has 8 unspecified atom stereocenters. The van der Waals surface area contributed by atoms with Crippen LogP contribution >= 0.6 is 0 Å². The van der Waals surface area contributed by atoms with E-state index in [2.05, 4.69) is 55.8 Å². The van der Waals surface area contributed by atoms with Crippen LogP contribution in [0.25, 0.3) is 0 Å². The average Bonchev–Trinajstić information content (AvgIpc) is 3.07. The maximum Gasteiger partial charge on any atom is 0.508 e. The number of ketones is 1. The Labute approximate surface area is 206 Å². The molecule has 192 valence electrons. The first kappa shape index (κ1) is 25.6. The number of hydrogen-bond acceptors (Lipinski definition) is 8. The molecule has 0 aliphatic heterocycles. The van der Waals surface area contributed by atoms with Crippen LogP contribution in [0.15, 0.2) is 41.3 Å². The van der Waals surface area contributed by atoms with Gasteiger partial charge in [-0.1, -0.05) is 51.2 Å². The summed E-state index contributed by atoms with van der Waals surface area (Å²) in [7, 11) is 0. The van der Waals surface area contributed by atoms with Gasteiger partial charge in [0.15, 0.2) is 17.7 Å². The Morgan fingerprint density at radius 2 is 2.03 bits per heavy atom. The van der Waals surface area contributed by atoms with Crippen molar-refractivity contribution in [1.82, 2.24) is 0 Å². The molecule has 0 bridgehead atoms. The predicted molar refractivity (Wildman–Crippen MR) is 129 cm³/mol. The molecule has 4 aliphatic carbocycles. The van der Waals surface area contributed by atoms with Crippen molar-refractivity contribution in [3.05, 3.63) is 40.9 Å². The Kier molecular flexibility index (Phi) is 7.23. The highest BCUT2D eigenvalue weighted by Gasteiger charge is 2.64. The number of ether oxygens (including phenoxy) is 2. The molecule has 8 atom stereocenters. The summed E-state index contributed by atoms with van der Waals surface area (Å²) >= 11 is 0. The van der Waals surface area contributed by atoms with Gasteiger partial charge in [0.1, 0.15) is 6.61 Å². The lowest BCUT2D eigenvalue weighted by Gasteiger charge is -2.58. The van der Waals surface area contributed by atoms with E-state index in [4.69, 9.17) is 9.47 Å². The first-order valence-electron chi connectivity index (χ1n) is 12.7. The number of hydrogen-bond donors (Lipinski definition) is 1. The van der Waals surface area contributed by atoms with Crippen molar-refractivity contribution in [2.24, 2.45) is 45.8 Å². The number of allylic oxidation sites excluding steroid dienone is 5. The molecule has 0 aromatic carbocycles. The molecule has 35 heavy (non-hydrogen) atoms. The van der Waals surface area contributed by atoms with E-state index in [1.807, 2.05) is 0 Å². The summed E-state index contributed by atoms with van der Waals surface area (Å²) in [6.45, 7) is 10.3. The minimum Gasteiger partial charge on any atom is -0.434 e. The summed E-state index contributed by atoms with van der Waals surface area (Å²) in [5, 5.41) is 13.8. The van der Waals surface area contributed by atoms with Crippen LogP contribution in [0.1, 0.15) is 52.9 Å². The first-order chi connectivity index (χ1) is 16.6. The van der Waals surface area contributed by atoms with Gasteiger partial charge in [-0.15, -0.1) is 4.91 Å². The van der Waals surface area contributed by atoms with Crippen molar-refractivity contribution >= 4 is 11.9 Å². The zero-order valence-corrected chi connectivity index (χ0v) is 20.9. The number of nitrogens with zero attached hydrogens (tertiary/aromatic N) is 1. The van der Waals surface area contributed by atoms with Gasteiger partial charge in [-0.3, -0.25) is 4.79 Å². The lowest BCUT2D eigenvalue weighted by Crippen LogP contribution is -2.56. The fraction of sp³-hybridized carbons (Fsp3) is 0.704. The zero-order valence-electron chi connectivity index (χ0n) is 20.9. The third kappa shape index (κ3) is 4.57. The maximum absolute atomic E-state index is 13.3. The summed E-state index contributed by atoms with van der Waals surface area (Å²) in [6.07, 6.45) is 8.83. The van der Waals surface area contributed by atoms with Crippen LogP contribution in [-0.4, -0.2) is 43.0 Å². The van der Waals surface area contributed by atoms with Gasteiger partial charge in [0, 0.05) is 23.7 Å². The number of Topliss-reactive ketones (excluding diaryl/α,β-unsaturated/α-hetero) is 1. The molecule has 3 fully saturated rings. The fourth-order valence-corrected chi connectivity index (χ4v) is 8.03. The van der Waals surface area contributed by atoms with E-state index in [1.54, 1.807) is 0 Å². The molecule has 0 heterocycles. The van der Waals surface area contributed by atoms with Gasteiger partial charge >= 0.3 is 6.16 Å². The molecule has 8 nitrogen and oxygen atoms in total. The largest absolute Gasteiger partial charge is 0.508 e. The van der Waals surface area contributed by atoms with E-state index < -0.39 is 12.3 Å². The Morgan fingerprint density at radius 3 is 2.77 bits per heavy atom. The number of carbonyl (C=O) groups is 2. The van der Waals surface area contributed by atoms with Gasteiger partial charge in [-0.05, 0) is 54.4 Å². The summed E-state index contributed by atoms with van der Waals surface area (Å²) in [5.41, 5.74) is 1.84. The van der Waals surface area contributed by atoms with E-state index in [-0.39, 0.29) is 54.2 Å². The maximum atomic E-state index is 13.3. The highest BCUT2D eigenvalue weighted by molar-refractivity contribution is 5.85. The Hall–Kier alpha value is -2.48. The third-order valence-corrected chi connectivity index (χ3v) is 9.26. The number of rotatable bonds is 8. The molecule has 8 heteroatoms. The molecule has 0 radical (unpaired) electrons. The number of fused-ring (bicyclic) bond motifs is 5. The van der Waals surface area contributed by atoms with Gasteiger partial charge in [-0.2, -0.15) is 0 Å². The Bertz CT molecular complexity index is 942. The highest BCUT2D eigenvalue weighted by Crippen LogP contribution is 2.67. The molecular weight excluding hydrogens is 450 g/mol. The van der Waals surface area contributed by atoms with Gasteiger partial charge in [0.2, 0.25) is 0 Å². The Morgan fingerprint density at radius 1 is 1.26 bits per heavy atom. The van der Waals surface area contributed by atoms with Crippen molar-refractivity contribution in [3.8, 4) is 0 Å². The lowest BCUT2D eigenvalue weighted by atomic mass is 9.46. The lowest BCUT2D eigenvalue weighted by molar-refractivity contribution is -0.142. The van der Waals surface area contributed by atoms with Gasteiger partial charge in [0.25, 0.3) is 0 Å². The van der Waals surface area contributed by atoms with E-state index in [0.717, 1.165) is 24.8 Å². The van der Waals surface area contributed by atoms with Crippen LogP contribution in [0.2, 0.25) is 0 Å². The van der Waals surface area contributed by atoms with Gasteiger partial charge in [0.05, 0.1) is 12.7 Å². The van der Waals surface area contributed by atoms with Gasteiger partial charge in [-0.25, -0.2) is 4.79 Å². The molecule has 0 aromatic heterocycles. The Balaban J connectivity index is 1.43. The second kappa shape index (κ2) is 9.88. The topological polar surface area (TPSA) is 111 Å². The van der Waals surface area contributed by atoms with Crippen molar-refractivity contribution in [2.75, 3.05) is 19.8 Å². The van der Waals surface area contributed by atoms with Gasteiger partial charge < -0.3 is 19.4 Å². The van der Waals surface area contributed by atoms with Crippen LogP contribution in [0, 0.1) is 45.3 Å². The second-order valence-corrected chi connectivity index (χ2v) is 11.3. The minimum atomic E-state index is -0.918. The molecular formula is C27H37NO7. The number of carbonyl (C=O) groups excluding carboxylic acids is 2. The monoisotopic (exact) mass is 487 g/mol. The number of aliphatic hydroxyl groups is 1. The van der Waals surface area contributed by atoms with E-state index in [9.17, 15) is 19.6 Å². The molecule has 0 saturated heterocycles. The quantitative estimate of drug-likeness (QED) is 0.224. The fourth-order valence-electron chi connectivity index (χ4n) is 8.03. The average molecular weight is 488 g/mol. The summed E-state index contributed by atoms with van der Waals surface area (Å²) in [5.74, 6) is 0.522.